The van der Waals surface area contributed by atoms with Crippen LogP contribution in [0.5, 0.6) is 11.5 Å². The molecule has 13 heteroatoms. The van der Waals surface area contributed by atoms with Gasteiger partial charge >= 0.3 is 6.03 Å². The van der Waals surface area contributed by atoms with E-state index in [4.69, 9.17) is 26.1 Å². The van der Waals surface area contributed by atoms with Gasteiger partial charge in [0.25, 0.3) is 0 Å². The molecule has 1 saturated carbocycles. The van der Waals surface area contributed by atoms with Crippen LogP contribution in [0.3, 0.4) is 0 Å². The van der Waals surface area contributed by atoms with Gasteiger partial charge in [-0.1, -0.05) is 36.9 Å². The summed E-state index contributed by atoms with van der Waals surface area (Å²) in [5.41, 5.74) is 0.910. The second-order valence-corrected chi connectivity index (χ2v) is 11.2. The number of rotatable bonds is 7. The predicted octanol–water partition coefficient (Wildman–Crippen LogP) is 3.33. The lowest BCUT2D eigenvalue weighted by Crippen LogP contribution is -2.60. The molecule has 2 fully saturated rings. The summed E-state index contributed by atoms with van der Waals surface area (Å²) in [6, 6.07) is 7.05. The number of carbonyl (C=O) groups is 2. The lowest BCUT2D eigenvalue weighted by Gasteiger charge is -2.42. The monoisotopic (exact) mass is 594 g/mol. The van der Waals surface area contributed by atoms with E-state index in [1.807, 2.05) is 18.2 Å². The molecule has 3 aromatic rings. The minimum Gasteiger partial charge on any atom is -0.486 e. The zero-order chi connectivity index (χ0) is 28.9. The van der Waals surface area contributed by atoms with Crippen LogP contribution in [0.4, 0.5) is 10.6 Å². The number of anilines is 1. The van der Waals surface area contributed by atoms with Crippen molar-refractivity contribution in [1.29, 1.82) is 0 Å². The van der Waals surface area contributed by atoms with E-state index in [-0.39, 0.29) is 30.4 Å². The molecule has 4 heterocycles. The Morgan fingerprint density at radius 1 is 1.02 bits per heavy atom. The number of benzene rings is 1. The molecule has 222 valence electrons. The van der Waals surface area contributed by atoms with E-state index in [1.165, 1.54) is 6.42 Å². The fourth-order valence-corrected chi connectivity index (χ4v) is 5.92. The molecule has 1 aromatic carbocycles. The van der Waals surface area contributed by atoms with Gasteiger partial charge in [0.1, 0.15) is 30.5 Å². The summed E-state index contributed by atoms with van der Waals surface area (Å²) >= 11 is 6.37. The number of hydrogen-bond donors (Lipinski definition) is 2. The van der Waals surface area contributed by atoms with E-state index in [9.17, 15) is 9.59 Å². The van der Waals surface area contributed by atoms with Gasteiger partial charge in [-0.3, -0.25) is 9.36 Å². The number of urea groups is 1. The second kappa shape index (κ2) is 12.8. The first-order valence-electron chi connectivity index (χ1n) is 14.5. The maximum absolute atomic E-state index is 13.5. The maximum Gasteiger partial charge on any atom is 0.318 e. The number of hydrogen-bond acceptors (Lipinski definition) is 8. The van der Waals surface area contributed by atoms with Crippen molar-refractivity contribution >= 4 is 29.4 Å². The molecular weight excluding hydrogens is 560 g/mol. The highest BCUT2D eigenvalue weighted by Gasteiger charge is 2.34. The largest absolute Gasteiger partial charge is 0.486 e. The van der Waals surface area contributed by atoms with Crippen molar-refractivity contribution in [1.82, 2.24) is 35.1 Å². The Hall–Kier alpha value is -4.06. The van der Waals surface area contributed by atoms with Crippen LogP contribution in [0.1, 0.15) is 44.1 Å². The first kappa shape index (κ1) is 28.1. The molecule has 1 unspecified atom stereocenters. The summed E-state index contributed by atoms with van der Waals surface area (Å²) in [6.45, 7) is 2.78. The summed E-state index contributed by atoms with van der Waals surface area (Å²) < 4.78 is 13.0. The van der Waals surface area contributed by atoms with Crippen LogP contribution in [-0.4, -0.2) is 81.3 Å². The third kappa shape index (κ3) is 6.70. The second-order valence-electron chi connectivity index (χ2n) is 10.9. The molecule has 3 aliphatic rings. The molecule has 3 amide bonds. The number of imidazole rings is 1. The van der Waals surface area contributed by atoms with Gasteiger partial charge in [-0.15, -0.1) is 0 Å². The molecular formula is C29H35ClN8O4. The molecule has 42 heavy (non-hydrogen) atoms. The number of halogens is 1. The molecule has 1 atom stereocenters. The first-order valence-corrected chi connectivity index (χ1v) is 14.9. The van der Waals surface area contributed by atoms with Crippen LogP contribution in [0.15, 0.2) is 43.0 Å². The van der Waals surface area contributed by atoms with Crippen LogP contribution in [0, 0.1) is 0 Å². The molecule has 2 N–H and O–H groups in total. The smallest absolute Gasteiger partial charge is 0.318 e. The van der Waals surface area contributed by atoms with Gasteiger partial charge in [-0.25, -0.2) is 14.8 Å². The van der Waals surface area contributed by atoms with E-state index in [0.29, 0.717) is 67.8 Å². The average molecular weight is 595 g/mol. The molecule has 1 aliphatic carbocycles. The Morgan fingerprint density at radius 2 is 1.86 bits per heavy atom. The summed E-state index contributed by atoms with van der Waals surface area (Å²) in [5.74, 6) is 2.28. The van der Waals surface area contributed by atoms with Gasteiger partial charge in [0.2, 0.25) is 11.9 Å². The van der Waals surface area contributed by atoms with E-state index >= 15 is 0 Å². The third-order valence-electron chi connectivity index (χ3n) is 7.92. The summed E-state index contributed by atoms with van der Waals surface area (Å²) in [5, 5.41) is 6.54. The van der Waals surface area contributed by atoms with Gasteiger partial charge < -0.3 is 29.9 Å². The Balaban J connectivity index is 1.16. The quantitative estimate of drug-likeness (QED) is 0.399. The van der Waals surface area contributed by atoms with Crippen molar-refractivity contribution in [3.63, 3.8) is 0 Å². The van der Waals surface area contributed by atoms with Crippen LogP contribution >= 0.6 is 11.6 Å². The Bertz CT molecular complexity index is 1400. The fourth-order valence-electron chi connectivity index (χ4n) is 5.74. The Morgan fingerprint density at radius 3 is 2.67 bits per heavy atom. The van der Waals surface area contributed by atoms with Crippen LogP contribution in [0.25, 0.3) is 5.95 Å². The lowest BCUT2D eigenvalue weighted by molar-refractivity contribution is -0.122. The Kier molecular flexibility index (Phi) is 8.59. The predicted molar refractivity (Wildman–Crippen MR) is 156 cm³/mol. The third-order valence-corrected chi connectivity index (χ3v) is 8.12. The van der Waals surface area contributed by atoms with Crippen molar-refractivity contribution < 1.29 is 19.1 Å². The number of nitrogens with one attached hydrogen (secondary N) is 2. The van der Waals surface area contributed by atoms with Crippen LogP contribution in [0.2, 0.25) is 5.15 Å². The highest BCUT2D eigenvalue weighted by atomic mass is 35.5. The Labute approximate surface area is 249 Å². The molecule has 0 bridgehead atoms. The standard InChI is InChI=1S/C29H35ClN8O4/c30-25-16-26(35-28(34-25)37-9-8-31-19-37)36-10-11-38(29(40)33-21-4-2-1-3-5-21)22(18-36)15-27(39)32-17-20-6-7-23-24(14-20)42-13-12-41-23/h6-9,14,16,19,21-22H,1-5,10-13,15,17-18H2,(H,32,39)(H,33,40). The minimum atomic E-state index is -0.368. The molecule has 6 rings (SSSR count). The fraction of sp³-hybridized carbons (Fsp3) is 0.483. The topological polar surface area (TPSA) is 127 Å². The van der Waals surface area contributed by atoms with Gasteiger partial charge in [0.15, 0.2) is 11.5 Å². The van der Waals surface area contributed by atoms with Gasteiger partial charge in [0.05, 0.1) is 6.04 Å². The molecule has 2 aromatic heterocycles. The lowest BCUT2D eigenvalue weighted by atomic mass is 9.95. The summed E-state index contributed by atoms with van der Waals surface area (Å²) in [4.78, 5) is 43.6. The number of carbonyl (C=O) groups excluding carboxylic acids is 2. The average Bonchev–Trinajstić information content (AvgIpc) is 3.56. The number of piperazine rings is 1. The molecule has 2 aliphatic heterocycles. The van der Waals surface area contributed by atoms with Crippen molar-refractivity contribution in [2.45, 2.75) is 57.2 Å². The van der Waals surface area contributed by atoms with Gasteiger partial charge in [-0.2, -0.15) is 4.98 Å². The zero-order valence-electron chi connectivity index (χ0n) is 23.4. The SMILES string of the molecule is O=C(CC1CN(c2cc(Cl)nc(-n3ccnc3)n2)CCN1C(=O)NC1CCCCC1)NCc1ccc2c(c1)OCCO2. The van der Waals surface area contributed by atoms with Crippen molar-refractivity contribution in [3.05, 3.63) is 53.7 Å². The highest BCUT2D eigenvalue weighted by molar-refractivity contribution is 6.29. The van der Waals surface area contributed by atoms with E-state index in [0.717, 1.165) is 31.2 Å². The molecule has 12 nitrogen and oxygen atoms in total. The molecule has 0 radical (unpaired) electrons. The number of aromatic nitrogens is 4. The van der Waals surface area contributed by atoms with Gasteiger partial charge in [-0.05, 0) is 30.5 Å². The van der Waals surface area contributed by atoms with Crippen LogP contribution in [-0.2, 0) is 11.3 Å². The van der Waals surface area contributed by atoms with Gasteiger partial charge in [0, 0.05) is 57.1 Å². The number of fused-ring (bicyclic) bond motifs is 1. The van der Waals surface area contributed by atoms with E-state index in [2.05, 4.69) is 25.5 Å². The van der Waals surface area contributed by atoms with Crippen molar-refractivity contribution in [2.75, 3.05) is 37.7 Å². The summed E-state index contributed by atoms with van der Waals surface area (Å²) in [7, 11) is 0. The zero-order valence-corrected chi connectivity index (χ0v) is 24.1. The minimum absolute atomic E-state index is 0.119. The maximum atomic E-state index is 13.5. The van der Waals surface area contributed by atoms with E-state index in [1.54, 1.807) is 34.3 Å². The van der Waals surface area contributed by atoms with Crippen LogP contribution < -0.4 is 25.0 Å². The first-order chi connectivity index (χ1) is 20.5. The summed E-state index contributed by atoms with van der Waals surface area (Å²) in [6.07, 6.45) is 10.6. The molecule has 0 spiro atoms. The van der Waals surface area contributed by atoms with E-state index < -0.39 is 0 Å². The highest BCUT2D eigenvalue weighted by Crippen LogP contribution is 2.31. The molecule has 1 saturated heterocycles. The number of ether oxygens (including phenoxy) is 2. The number of nitrogens with zero attached hydrogens (tertiary/aromatic N) is 6. The van der Waals surface area contributed by atoms with Crippen molar-refractivity contribution in [2.24, 2.45) is 0 Å². The van der Waals surface area contributed by atoms with Crippen molar-refractivity contribution in [3.8, 4) is 17.4 Å². The normalized spacial score (nSPS) is 18.9. The number of amides is 3.